The molecule has 0 heterocycles. The maximum Gasteiger partial charge on any atom is 0.337 e. The van der Waals surface area contributed by atoms with Gasteiger partial charge in [-0.3, -0.25) is 0 Å². The highest BCUT2D eigenvalue weighted by atomic mass is 32.2. The SMILES string of the molecule is CSC1(CNC(=O)Nc2ccc(F)cc2C(=O)O)CCC1. The number of nitrogens with one attached hydrogen (secondary N) is 2. The van der Waals surface area contributed by atoms with Crippen molar-refractivity contribution in [2.75, 3.05) is 18.1 Å². The molecule has 1 aromatic carbocycles. The van der Waals surface area contributed by atoms with Crippen LogP contribution in [-0.2, 0) is 0 Å². The van der Waals surface area contributed by atoms with Crippen molar-refractivity contribution in [2.45, 2.75) is 24.0 Å². The number of halogens is 1. The second-order valence-electron chi connectivity index (χ2n) is 5.04. The topological polar surface area (TPSA) is 78.4 Å². The zero-order valence-corrected chi connectivity index (χ0v) is 12.4. The molecule has 2 amide bonds. The molecule has 0 aromatic heterocycles. The average Bonchev–Trinajstić information content (AvgIpc) is 2.40. The highest BCUT2D eigenvalue weighted by molar-refractivity contribution is 8.00. The molecule has 114 valence electrons. The van der Waals surface area contributed by atoms with E-state index in [0.717, 1.165) is 31.4 Å². The van der Waals surface area contributed by atoms with Gasteiger partial charge < -0.3 is 15.7 Å². The van der Waals surface area contributed by atoms with Crippen molar-refractivity contribution in [2.24, 2.45) is 0 Å². The minimum atomic E-state index is -1.29. The van der Waals surface area contributed by atoms with Gasteiger partial charge in [0.2, 0.25) is 0 Å². The van der Waals surface area contributed by atoms with E-state index >= 15 is 0 Å². The van der Waals surface area contributed by atoms with E-state index in [0.29, 0.717) is 6.54 Å². The maximum absolute atomic E-state index is 13.1. The van der Waals surface area contributed by atoms with Crippen LogP contribution in [0.4, 0.5) is 14.9 Å². The number of hydrogen-bond acceptors (Lipinski definition) is 3. The smallest absolute Gasteiger partial charge is 0.337 e. The van der Waals surface area contributed by atoms with Crippen molar-refractivity contribution in [1.29, 1.82) is 0 Å². The standard InChI is InChI=1S/C14H17FN2O3S/c1-21-14(5-2-6-14)8-16-13(20)17-11-4-3-9(15)7-10(11)12(18)19/h3-4,7H,2,5-6,8H2,1H3,(H,18,19)(H2,16,17,20). The number of hydrogen-bond donors (Lipinski definition) is 3. The summed E-state index contributed by atoms with van der Waals surface area (Å²) in [6.45, 7) is 0.531. The molecule has 1 aliphatic carbocycles. The van der Waals surface area contributed by atoms with Gasteiger partial charge in [-0.15, -0.1) is 0 Å². The molecular formula is C14H17FN2O3S. The predicted molar refractivity (Wildman–Crippen MR) is 80.5 cm³/mol. The molecule has 1 aromatic rings. The molecule has 1 fully saturated rings. The van der Waals surface area contributed by atoms with E-state index in [-0.39, 0.29) is 16.0 Å². The van der Waals surface area contributed by atoms with Crippen LogP contribution in [0.5, 0.6) is 0 Å². The van der Waals surface area contributed by atoms with E-state index in [1.165, 1.54) is 6.07 Å². The van der Waals surface area contributed by atoms with Gasteiger partial charge >= 0.3 is 12.0 Å². The van der Waals surface area contributed by atoms with Gasteiger partial charge in [-0.25, -0.2) is 14.0 Å². The lowest BCUT2D eigenvalue weighted by Crippen LogP contribution is -2.46. The van der Waals surface area contributed by atoms with E-state index in [4.69, 9.17) is 5.11 Å². The number of benzene rings is 1. The first-order chi connectivity index (χ1) is 9.96. The molecule has 1 aliphatic rings. The van der Waals surface area contributed by atoms with Gasteiger partial charge in [-0.2, -0.15) is 11.8 Å². The highest BCUT2D eigenvalue weighted by Gasteiger charge is 2.36. The van der Waals surface area contributed by atoms with Gasteiger partial charge in [-0.1, -0.05) is 6.42 Å². The fourth-order valence-corrected chi connectivity index (χ4v) is 3.15. The van der Waals surface area contributed by atoms with Crippen molar-refractivity contribution < 1.29 is 19.1 Å². The number of amides is 2. The number of rotatable bonds is 5. The summed E-state index contributed by atoms with van der Waals surface area (Å²) in [6.07, 6.45) is 5.29. The largest absolute Gasteiger partial charge is 0.478 e. The Balaban J connectivity index is 1.98. The number of urea groups is 1. The Morgan fingerprint density at radius 1 is 1.43 bits per heavy atom. The molecular weight excluding hydrogens is 295 g/mol. The zero-order chi connectivity index (χ0) is 15.5. The van der Waals surface area contributed by atoms with Gasteiger partial charge in [0.15, 0.2) is 0 Å². The highest BCUT2D eigenvalue weighted by Crippen LogP contribution is 2.42. The van der Waals surface area contributed by atoms with Crippen molar-refractivity contribution >= 4 is 29.4 Å². The summed E-state index contributed by atoms with van der Waals surface area (Å²) in [5, 5.41) is 14.2. The summed E-state index contributed by atoms with van der Waals surface area (Å²) in [4.78, 5) is 22.9. The lowest BCUT2D eigenvalue weighted by Gasteiger charge is -2.40. The third-order valence-corrected chi connectivity index (χ3v) is 5.15. The molecule has 1 saturated carbocycles. The maximum atomic E-state index is 13.1. The van der Waals surface area contributed by atoms with Crippen molar-refractivity contribution in [3.63, 3.8) is 0 Å². The monoisotopic (exact) mass is 312 g/mol. The van der Waals surface area contributed by atoms with Crippen LogP contribution in [0.3, 0.4) is 0 Å². The number of anilines is 1. The molecule has 2 rings (SSSR count). The van der Waals surface area contributed by atoms with Gasteiger partial charge in [0.25, 0.3) is 0 Å². The average molecular weight is 312 g/mol. The van der Waals surface area contributed by atoms with Crippen molar-refractivity contribution in [3.05, 3.63) is 29.6 Å². The Hall–Kier alpha value is -1.76. The molecule has 0 atom stereocenters. The lowest BCUT2D eigenvalue weighted by atomic mass is 9.84. The summed E-state index contributed by atoms with van der Waals surface area (Å²) in [6, 6.07) is 2.75. The van der Waals surface area contributed by atoms with Gasteiger partial charge in [0.1, 0.15) is 5.82 Å². The number of carboxylic acids is 1. The first-order valence-electron chi connectivity index (χ1n) is 6.59. The third-order valence-electron chi connectivity index (χ3n) is 3.73. The van der Waals surface area contributed by atoms with Crippen LogP contribution < -0.4 is 10.6 Å². The summed E-state index contributed by atoms with van der Waals surface area (Å²) in [5.74, 6) is -1.95. The first kappa shape index (κ1) is 15.6. The first-order valence-corrected chi connectivity index (χ1v) is 7.81. The summed E-state index contributed by atoms with van der Waals surface area (Å²) in [5.41, 5.74) is -0.193. The molecule has 7 heteroatoms. The minimum Gasteiger partial charge on any atom is -0.478 e. The van der Waals surface area contributed by atoms with Crippen LogP contribution in [0.2, 0.25) is 0 Å². The molecule has 0 radical (unpaired) electrons. The van der Waals surface area contributed by atoms with Gasteiger partial charge in [0.05, 0.1) is 11.3 Å². The number of thioether (sulfide) groups is 1. The fraction of sp³-hybridized carbons (Fsp3) is 0.429. The van der Waals surface area contributed by atoms with Crippen LogP contribution in [-0.4, -0.2) is 34.7 Å². The predicted octanol–water partition coefficient (Wildman–Crippen LogP) is 2.93. The molecule has 0 bridgehead atoms. The van der Waals surface area contributed by atoms with E-state index < -0.39 is 17.8 Å². The van der Waals surface area contributed by atoms with E-state index in [1.807, 2.05) is 6.26 Å². The number of carbonyl (C=O) groups excluding carboxylic acids is 1. The minimum absolute atomic E-state index is 0.0770. The lowest BCUT2D eigenvalue weighted by molar-refractivity contribution is 0.0697. The van der Waals surface area contributed by atoms with E-state index in [2.05, 4.69) is 10.6 Å². The summed E-state index contributed by atoms with van der Waals surface area (Å²) in [7, 11) is 0. The number of carbonyl (C=O) groups is 2. The van der Waals surface area contributed by atoms with Crippen LogP contribution in [0, 0.1) is 5.82 Å². The third kappa shape index (κ3) is 3.66. The van der Waals surface area contributed by atoms with Crippen molar-refractivity contribution in [3.8, 4) is 0 Å². The second-order valence-corrected chi connectivity index (χ2v) is 6.32. The van der Waals surface area contributed by atoms with E-state index in [1.54, 1.807) is 11.8 Å². The Bertz CT molecular complexity index is 556. The van der Waals surface area contributed by atoms with Gasteiger partial charge in [-0.05, 0) is 37.3 Å². The van der Waals surface area contributed by atoms with Crippen molar-refractivity contribution in [1.82, 2.24) is 5.32 Å². The van der Waals surface area contributed by atoms with Crippen LogP contribution >= 0.6 is 11.8 Å². The molecule has 3 N–H and O–H groups in total. The quantitative estimate of drug-likeness (QED) is 0.781. The Morgan fingerprint density at radius 3 is 2.67 bits per heavy atom. The van der Waals surface area contributed by atoms with E-state index in [9.17, 15) is 14.0 Å². The zero-order valence-electron chi connectivity index (χ0n) is 11.6. The number of aromatic carboxylic acids is 1. The van der Waals surface area contributed by atoms with Gasteiger partial charge in [0, 0.05) is 11.3 Å². The molecule has 0 unspecified atom stereocenters. The Labute approximate surface area is 126 Å². The molecule has 0 saturated heterocycles. The normalized spacial score (nSPS) is 15.9. The molecule has 21 heavy (non-hydrogen) atoms. The van der Waals surface area contributed by atoms with Crippen LogP contribution in [0.25, 0.3) is 0 Å². The summed E-state index contributed by atoms with van der Waals surface area (Å²) < 4.78 is 13.1. The molecule has 0 aliphatic heterocycles. The molecule has 0 spiro atoms. The van der Waals surface area contributed by atoms with Crippen LogP contribution in [0.15, 0.2) is 18.2 Å². The molecule has 5 nitrogen and oxygen atoms in total. The fourth-order valence-electron chi connectivity index (χ4n) is 2.23. The second kappa shape index (κ2) is 6.34. The number of carboxylic acid groups (broad SMARTS) is 1. The summed E-state index contributed by atoms with van der Waals surface area (Å²) >= 11 is 1.73. The van der Waals surface area contributed by atoms with Crippen LogP contribution in [0.1, 0.15) is 29.6 Å². The Morgan fingerprint density at radius 2 is 2.14 bits per heavy atom. The Kier molecular flexibility index (Phi) is 4.72.